The second-order valence-corrected chi connectivity index (χ2v) is 5.29. The van der Waals surface area contributed by atoms with Crippen molar-refractivity contribution in [3.63, 3.8) is 0 Å². The number of amides is 1. The maximum Gasteiger partial charge on any atom is 0.303 e. The summed E-state index contributed by atoms with van der Waals surface area (Å²) in [5, 5.41) is 8.69. The molecule has 1 aromatic rings. The molecule has 0 aliphatic carbocycles. The van der Waals surface area contributed by atoms with Crippen LogP contribution in [0.1, 0.15) is 36.0 Å². The van der Waals surface area contributed by atoms with Crippen molar-refractivity contribution in [3.8, 4) is 0 Å². The smallest absolute Gasteiger partial charge is 0.303 e. The SMILES string of the molecule is O=C(O)CC[C@H]1CCCN(C(=O)c2c(F)cccc2F)C1. The van der Waals surface area contributed by atoms with Gasteiger partial charge in [0.15, 0.2) is 0 Å². The number of halogens is 2. The normalized spacial score (nSPS) is 18.6. The lowest BCUT2D eigenvalue weighted by molar-refractivity contribution is -0.137. The molecule has 1 aliphatic heterocycles. The molecule has 1 heterocycles. The molecule has 1 atom stereocenters. The summed E-state index contributed by atoms with van der Waals surface area (Å²) in [5.74, 6) is -3.21. The zero-order valence-corrected chi connectivity index (χ0v) is 11.5. The first-order valence-corrected chi connectivity index (χ1v) is 6.94. The van der Waals surface area contributed by atoms with E-state index in [1.165, 1.54) is 11.0 Å². The summed E-state index contributed by atoms with van der Waals surface area (Å²) in [4.78, 5) is 24.3. The number of hydrogen-bond acceptors (Lipinski definition) is 2. The van der Waals surface area contributed by atoms with Gasteiger partial charge in [0, 0.05) is 19.5 Å². The third-order valence-corrected chi connectivity index (χ3v) is 3.75. The number of aliphatic carboxylic acids is 1. The average Bonchev–Trinajstić information content (AvgIpc) is 2.45. The highest BCUT2D eigenvalue weighted by molar-refractivity contribution is 5.94. The van der Waals surface area contributed by atoms with Gasteiger partial charge in [0.25, 0.3) is 5.91 Å². The van der Waals surface area contributed by atoms with Gasteiger partial charge in [-0.3, -0.25) is 9.59 Å². The zero-order chi connectivity index (χ0) is 15.4. The van der Waals surface area contributed by atoms with Gasteiger partial charge in [0.2, 0.25) is 0 Å². The summed E-state index contributed by atoms with van der Waals surface area (Å²) >= 11 is 0. The summed E-state index contributed by atoms with van der Waals surface area (Å²) in [5.41, 5.74) is -0.531. The Labute approximate surface area is 121 Å². The van der Waals surface area contributed by atoms with Crippen LogP contribution in [0.25, 0.3) is 0 Å². The summed E-state index contributed by atoms with van der Waals surface area (Å²) in [7, 11) is 0. The standard InChI is InChI=1S/C15H17F2NO3/c16-11-4-1-5-12(17)14(11)15(21)18-8-2-3-10(9-18)6-7-13(19)20/h1,4-5,10H,2-3,6-9H2,(H,19,20)/t10-/m1/s1. The average molecular weight is 297 g/mol. The van der Waals surface area contributed by atoms with Crippen LogP contribution in [-0.2, 0) is 4.79 Å². The molecular formula is C15H17F2NO3. The number of rotatable bonds is 4. The second-order valence-electron chi connectivity index (χ2n) is 5.29. The van der Waals surface area contributed by atoms with Crippen molar-refractivity contribution < 1.29 is 23.5 Å². The molecule has 1 aliphatic rings. The van der Waals surface area contributed by atoms with Crippen molar-refractivity contribution in [2.24, 2.45) is 5.92 Å². The van der Waals surface area contributed by atoms with Crippen LogP contribution >= 0.6 is 0 Å². The number of carboxylic acid groups (broad SMARTS) is 1. The topological polar surface area (TPSA) is 57.6 Å². The number of likely N-dealkylation sites (tertiary alicyclic amines) is 1. The Bertz CT molecular complexity index is 527. The molecular weight excluding hydrogens is 280 g/mol. The van der Waals surface area contributed by atoms with E-state index in [9.17, 15) is 18.4 Å². The third-order valence-electron chi connectivity index (χ3n) is 3.75. The Morgan fingerprint density at radius 1 is 1.29 bits per heavy atom. The van der Waals surface area contributed by atoms with Gasteiger partial charge in [0.1, 0.15) is 17.2 Å². The van der Waals surface area contributed by atoms with Crippen LogP contribution < -0.4 is 0 Å². The first-order valence-electron chi connectivity index (χ1n) is 6.94. The highest BCUT2D eigenvalue weighted by Gasteiger charge is 2.28. The summed E-state index contributed by atoms with van der Waals surface area (Å²) in [6.07, 6.45) is 2.06. The minimum absolute atomic E-state index is 0.0424. The lowest BCUT2D eigenvalue weighted by Gasteiger charge is -2.32. The predicted octanol–water partition coefficient (Wildman–Crippen LogP) is 2.68. The van der Waals surface area contributed by atoms with E-state index >= 15 is 0 Å². The van der Waals surface area contributed by atoms with Crippen molar-refractivity contribution in [2.75, 3.05) is 13.1 Å². The van der Waals surface area contributed by atoms with Gasteiger partial charge in [-0.05, 0) is 37.3 Å². The van der Waals surface area contributed by atoms with E-state index in [1.54, 1.807) is 0 Å². The molecule has 0 unspecified atom stereocenters. The highest BCUT2D eigenvalue weighted by atomic mass is 19.1. The van der Waals surface area contributed by atoms with Crippen LogP contribution in [0, 0.1) is 17.6 Å². The molecule has 6 heteroatoms. The van der Waals surface area contributed by atoms with E-state index in [0.717, 1.165) is 18.6 Å². The molecule has 1 aromatic carbocycles. The van der Waals surface area contributed by atoms with Crippen molar-refractivity contribution in [1.29, 1.82) is 0 Å². The molecule has 0 radical (unpaired) electrons. The molecule has 1 amide bonds. The molecule has 114 valence electrons. The minimum atomic E-state index is -0.876. The molecule has 2 rings (SSSR count). The van der Waals surface area contributed by atoms with Gasteiger partial charge in [-0.1, -0.05) is 6.07 Å². The van der Waals surface area contributed by atoms with Gasteiger partial charge in [-0.15, -0.1) is 0 Å². The van der Waals surface area contributed by atoms with Crippen LogP contribution in [0.2, 0.25) is 0 Å². The Balaban J connectivity index is 2.07. The van der Waals surface area contributed by atoms with Crippen molar-refractivity contribution in [1.82, 2.24) is 4.90 Å². The summed E-state index contributed by atoms with van der Waals surface area (Å²) < 4.78 is 27.3. The molecule has 0 bridgehead atoms. The molecule has 4 nitrogen and oxygen atoms in total. The zero-order valence-electron chi connectivity index (χ0n) is 11.5. The quantitative estimate of drug-likeness (QED) is 0.929. The number of hydrogen-bond donors (Lipinski definition) is 1. The number of piperidine rings is 1. The van der Waals surface area contributed by atoms with Gasteiger partial charge >= 0.3 is 5.97 Å². The van der Waals surface area contributed by atoms with Crippen LogP contribution in [0.3, 0.4) is 0 Å². The third kappa shape index (κ3) is 3.77. The monoisotopic (exact) mass is 297 g/mol. The van der Waals surface area contributed by atoms with E-state index in [4.69, 9.17) is 5.11 Å². The number of carbonyl (C=O) groups excluding carboxylic acids is 1. The van der Waals surface area contributed by atoms with Gasteiger partial charge in [-0.2, -0.15) is 0 Å². The number of carbonyl (C=O) groups is 2. The molecule has 21 heavy (non-hydrogen) atoms. The summed E-state index contributed by atoms with van der Waals surface area (Å²) in [6, 6.07) is 3.33. The minimum Gasteiger partial charge on any atom is -0.481 e. The first-order chi connectivity index (χ1) is 9.99. The fraction of sp³-hybridized carbons (Fsp3) is 0.467. The Hall–Kier alpha value is -1.98. The van der Waals surface area contributed by atoms with Crippen molar-refractivity contribution in [3.05, 3.63) is 35.4 Å². The molecule has 0 spiro atoms. The Morgan fingerprint density at radius 3 is 2.57 bits per heavy atom. The second kappa shape index (κ2) is 6.65. The number of nitrogens with zero attached hydrogens (tertiary/aromatic N) is 1. The Morgan fingerprint density at radius 2 is 1.95 bits per heavy atom. The highest BCUT2D eigenvalue weighted by Crippen LogP contribution is 2.24. The number of carboxylic acids is 1. The first kappa shape index (κ1) is 15.4. The molecule has 0 aromatic heterocycles. The van der Waals surface area contributed by atoms with E-state index in [1.807, 2.05) is 0 Å². The fourth-order valence-electron chi connectivity index (χ4n) is 2.67. The molecule has 1 fully saturated rings. The van der Waals surface area contributed by atoms with E-state index in [2.05, 4.69) is 0 Å². The van der Waals surface area contributed by atoms with E-state index < -0.39 is 29.1 Å². The predicted molar refractivity (Wildman–Crippen MR) is 71.9 cm³/mol. The fourth-order valence-corrected chi connectivity index (χ4v) is 2.67. The lowest BCUT2D eigenvalue weighted by Crippen LogP contribution is -2.40. The molecule has 1 saturated heterocycles. The van der Waals surface area contributed by atoms with E-state index in [-0.39, 0.29) is 12.3 Å². The maximum atomic E-state index is 13.6. The summed E-state index contributed by atoms with van der Waals surface area (Å²) in [6.45, 7) is 0.788. The van der Waals surface area contributed by atoms with Crippen molar-refractivity contribution in [2.45, 2.75) is 25.7 Å². The number of benzene rings is 1. The van der Waals surface area contributed by atoms with Crippen LogP contribution in [0.4, 0.5) is 8.78 Å². The van der Waals surface area contributed by atoms with Crippen LogP contribution in [0.5, 0.6) is 0 Å². The largest absolute Gasteiger partial charge is 0.481 e. The maximum absolute atomic E-state index is 13.6. The van der Waals surface area contributed by atoms with Gasteiger partial charge in [0.05, 0.1) is 0 Å². The Kier molecular flexibility index (Phi) is 4.88. The van der Waals surface area contributed by atoms with Crippen molar-refractivity contribution >= 4 is 11.9 Å². The van der Waals surface area contributed by atoms with Crippen LogP contribution in [-0.4, -0.2) is 35.0 Å². The van der Waals surface area contributed by atoms with Gasteiger partial charge < -0.3 is 10.0 Å². The van der Waals surface area contributed by atoms with Gasteiger partial charge in [-0.25, -0.2) is 8.78 Å². The van der Waals surface area contributed by atoms with E-state index in [0.29, 0.717) is 25.9 Å². The molecule has 0 saturated carbocycles. The molecule has 1 N–H and O–H groups in total. The van der Waals surface area contributed by atoms with Crippen LogP contribution in [0.15, 0.2) is 18.2 Å². The lowest BCUT2D eigenvalue weighted by atomic mass is 9.93.